The van der Waals surface area contributed by atoms with Crippen LogP contribution in [0.5, 0.6) is 0 Å². The highest BCUT2D eigenvalue weighted by Crippen LogP contribution is 2.18. The number of rotatable bonds is 10. The van der Waals surface area contributed by atoms with Crippen LogP contribution in [-0.2, 0) is 9.53 Å². The summed E-state index contributed by atoms with van der Waals surface area (Å²) in [5.74, 6) is 0.217. The molecule has 0 saturated heterocycles. The maximum Gasteiger partial charge on any atom is 0.390 e. The molecule has 0 fully saturated rings. The molecule has 25 heavy (non-hydrogen) atoms. The van der Waals surface area contributed by atoms with E-state index in [0.29, 0.717) is 25.5 Å². The summed E-state index contributed by atoms with van der Waals surface area (Å²) in [6, 6.07) is 0. The van der Waals surface area contributed by atoms with Gasteiger partial charge in [0.2, 0.25) is 0 Å². The largest absolute Gasteiger partial charge is 0.460 e. The van der Waals surface area contributed by atoms with E-state index in [1.807, 2.05) is 27.7 Å². The second-order valence-corrected chi connectivity index (χ2v) is 6.80. The van der Waals surface area contributed by atoms with E-state index in [4.69, 9.17) is 4.74 Å². The minimum atomic E-state index is -4.17. The fourth-order valence-corrected chi connectivity index (χ4v) is 1.98. The number of ether oxygens (including phenoxy) is 1. The predicted octanol–water partition coefficient (Wildman–Crippen LogP) is 3.79. The van der Waals surface area contributed by atoms with Crippen LogP contribution in [0.15, 0.2) is 4.99 Å². The van der Waals surface area contributed by atoms with Gasteiger partial charge in [-0.1, -0.05) is 12.8 Å². The third-order valence-corrected chi connectivity index (χ3v) is 3.02. The number of esters is 1. The van der Waals surface area contributed by atoms with Crippen molar-refractivity contribution in [2.24, 2.45) is 4.99 Å². The molecule has 0 bridgehead atoms. The molecule has 0 aromatic carbocycles. The van der Waals surface area contributed by atoms with Crippen LogP contribution < -0.4 is 10.6 Å². The maximum absolute atomic E-state index is 12.1. The van der Waals surface area contributed by atoms with Gasteiger partial charge in [-0.2, -0.15) is 13.2 Å². The Morgan fingerprint density at radius 1 is 1.04 bits per heavy atom. The zero-order valence-corrected chi connectivity index (χ0v) is 15.8. The Morgan fingerprint density at radius 3 is 2.24 bits per heavy atom. The summed E-state index contributed by atoms with van der Waals surface area (Å²) in [7, 11) is 0. The number of hydrogen-bond acceptors (Lipinski definition) is 3. The van der Waals surface area contributed by atoms with Crippen LogP contribution in [0.3, 0.4) is 0 Å². The van der Waals surface area contributed by atoms with Crippen molar-refractivity contribution in [2.45, 2.75) is 78.0 Å². The highest BCUT2D eigenvalue weighted by molar-refractivity contribution is 5.79. The van der Waals surface area contributed by atoms with E-state index >= 15 is 0 Å². The van der Waals surface area contributed by atoms with Crippen LogP contribution in [0.25, 0.3) is 0 Å². The lowest BCUT2D eigenvalue weighted by molar-refractivity contribution is -0.154. The summed E-state index contributed by atoms with van der Waals surface area (Å²) in [4.78, 5) is 15.8. The third kappa shape index (κ3) is 17.2. The van der Waals surface area contributed by atoms with Crippen LogP contribution >= 0.6 is 0 Å². The van der Waals surface area contributed by atoms with E-state index in [1.165, 1.54) is 0 Å². The average molecular weight is 367 g/mol. The van der Waals surface area contributed by atoms with Gasteiger partial charge in [0.05, 0.1) is 6.42 Å². The lowest BCUT2D eigenvalue weighted by Crippen LogP contribution is -2.39. The summed E-state index contributed by atoms with van der Waals surface area (Å²) >= 11 is 0. The summed E-state index contributed by atoms with van der Waals surface area (Å²) in [6.07, 6.45) is -1.25. The predicted molar refractivity (Wildman–Crippen MR) is 93.6 cm³/mol. The van der Waals surface area contributed by atoms with Gasteiger partial charge in [-0.3, -0.25) is 9.79 Å². The highest BCUT2D eigenvalue weighted by atomic mass is 19.4. The molecule has 0 heterocycles. The Kier molecular flexibility index (Phi) is 11.3. The molecule has 0 spiro atoms. The van der Waals surface area contributed by atoms with E-state index in [9.17, 15) is 18.0 Å². The normalized spacial score (nSPS) is 12.8. The number of guanidine groups is 1. The van der Waals surface area contributed by atoms with Gasteiger partial charge in [0, 0.05) is 26.1 Å². The SMILES string of the molecule is CCNC(=NCCCCCCC(=O)OC(C)(C)C)NCCC(F)(F)F. The van der Waals surface area contributed by atoms with E-state index < -0.39 is 18.2 Å². The zero-order valence-electron chi connectivity index (χ0n) is 15.8. The number of halogens is 3. The van der Waals surface area contributed by atoms with Crippen molar-refractivity contribution < 1.29 is 22.7 Å². The minimum absolute atomic E-state index is 0.186. The Morgan fingerprint density at radius 2 is 1.68 bits per heavy atom. The quantitative estimate of drug-likeness (QED) is 0.267. The van der Waals surface area contributed by atoms with Gasteiger partial charge < -0.3 is 15.4 Å². The molecule has 148 valence electrons. The first-order valence-electron chi connectivity index (χ1n) is 8.84. The molecular weight excluding hydrogens is 335 g/mol. The fraction of sp³-hybridized carbons (Fsp3) is 0.882. The molecule has 0 radical (unpaired) electrons. The second-order valence-electron chi connectivity index (χ2n) is 6.80. The molecule has 0 aromatic heterocycles. The number of hydrogen-bond donors (Lipinski definition) is 2. The number of nitrogens with zero attached hydrogens (tertiary/aromatic N) is 1. The van der Waals surface area contributed by atoms with Crippen LogP contribution in [0.1, 0.15) is 66.2 Å². The van der Waals surface area contributed by atoms with Crippen molar-refractivity contribution >= 4 is 11.9 Å². The number of carbonyl (C=O) groups is 1. The standard InChI is InChI=1S/C17H32F3N3O2/c1-5-21-15(23-13-11-17(18,19)20)22-12-9-7-6-8-10-14(24)25-16(2,3)4/h5-13H2,1-4H3,(H2,21,22,23). The first kappa shape index (κ1) is 23.5. The number of unbranched alkanes of at least 4 members (excludes halogenated alkanes) is 3. The number of carbonyl (C=O) groups excluding carboxylic acids is 1. The number of nitrogens with one attached hydrogen (secondary N) is 2. The van der Waals surface area contributed by atoms with Gasteiger partial charge in [0.15, 0.2) is 5.96 Å². The van der Waals surface area contributed by atoms with Gasteiger partial charge in [0.25, 0.3) is 0 Å². The van der Waals surface area contributed by atoms with Gasteiger partial charge in [0.1, 0.15) is 5.60 Å². The van der Waals surface area contributed by atoms with Crippen LogP contribution in [0.2, 0.25) is 0 Å². The molecule has 0 aliphatic rings. The van der Waals surface area contributed by atoms with Gasteiger partial charge >= 0.3 is 12.1 Å². The van der Waals surface area contributed by atoms with Crippen molar-refractivity contribution in [2.75, 3.05) is 19.6 Å². The molecule has 0 saturated carbocycles. The van der Waals surface area contributed by atoms with Crippen molar-refractivity contribution in [3.8, 4) is 0 Å². The summed E-state index contributed by atoms with van der Waals surface area (Å²) in [6.45, 7) is 8.32. The number of aliphatic imine (C=N–C) groups is 1. The third-order valence-electron chi connectivity index (χ3n) is 3.02. The highest BCUT2D eigenvalue weighted by Gasteiger charge is 2.26. The molecule has 0 aliphatic carbocycles. The molecular formula is C17H32F3N3O2. The molecule has 5 nitrogen and oxygen atoms in total. The molecule has 0 rings (SSSR count). The topological polar surface area (TPSA) is 62.7 Å². The average Bonchev–Trinajstić information content (AvgIpc) is 2.42. The van der Waals surface area contributed by atoms with Gasteiger partial charge in [-0.05, 0) is 40.5 Å². The summed E-state index contributed by atoms with van der Waals surface area (Å²) < 4.78 is 41.6. The molecule has 0 unspecified atom stereocenters. The molecule has 0 atom stereocenters. The lowest BCUT2D eigenvalue weighted by atomic mass is 10.1. The van der Waals surface area contributed by atoms with Crippen LogP contribution in [-0.4, -0.2) is 43.3 Å². The van der Waals surface area contributed by atoms with E-state index in [0.717, 1.165) is 25.7 Å². The molecule has 8 heteroatoms. The lowest BCUT2D eigenvalue weighted by Gasteiger charge is -2.19. The monoisotopic (exact) mass is 367 g/mol. The smallest absolute Gasteiger partial charge is 0.390 e. The Bertz CT molecular complexity index is 405. The van der Waals surface area contributed by atoms with Gasteiger partial charge in [-0.15, -0.1) is 0 Å². The van der Waals surface area contributed by atoms with Crippen LogP contribution in [0.4, 0.5) is 13.2 Å². The van der Waals surface area contributed by atoms with Crippen molar-refractivity contribution in [1.29, 1.82) is 0 Å². The number of alkyl halides is 3. The molecule has 0 amide bonds. The maximum atomic E-state index is 12.1. The first-order valence-corrected chi connectivity index (χ1v) is 8.84. The first-order chi connectivity index (χ1) is 11.5. The Labute approximate surface area is 148 Å². The molecule has 0 aliphatic heterocycles. The summed E-state index contributed by atoms with van der Waals surface area (Å²) in [5, 5.41) is 5.59. The minimum Gasteiger partial charge on any atom is -0.460 e. The molecule has 0 aromatic rings. The summed E-state index contributed by atoms with van der Waals surface area (Å²) in [5.41, 5.74) is -0.451. The van der Waals surface area contributed by atoms with E-state index in [1.54, 1.807) is 0 Å². The van der Waals surface area contributed by atoms with Crippen LogP contribution in [0, 0.1) is 0 Å². The van der Waals surface area contributed by atoms with E-state index in [2.05, 4.69) is 15.6 Å². The Balaban J connectivity index is 3.85. The van der Waals surface area contributed by atoms with Gasteiger partial charge in [-0.25, -0.2) is 0 Å². The second kappa shape index (κ2) is 12.0. The van der Waals surface area contributed by atoms with Crippen molar-refractivity contribution in [1.82, 2.24) is 10.6 Å². The zero-order chi connectivity index (χ0) is 19.3. The Hall–Kier alpha value is -1.47. The van der Waals surface area contributed by atoms with Crippen molar-refractivity contribution in [3.05, 3.63) is 0 Å². The van der Waals surface area contributed by atoms with Crippen molar-refractivity contribution in [3.63, 3.8) is 0 Å². The fourth-order valence-electron chi connectivity index (χ4n) is 1.98. The van der Waals surface area contributed by atoms with E-state index in [-0.39, 0.29) is 12.5 Å². The molecule has 2 N–H and O–H groups in total.